The van der Waals surface area contributed by atoms with Crippen molar-refractivity contribution < 1.29 is 18.4 Å². The molecule has 0 amide bonds. The number of thiazole rings is 1. The highest BCUT2D eigenvalue weighted by Crippen LogP contribution is 2.29. The summed E-state index contributed by atoms with van der Waals surface area (Å²) in [6, 6.07) is 9.81. The number of carbonyl (C=O) groups excluding carboxylic acids is 1. The van der Waals surface area contributed by atoms with Crippen LogP contribution < -0.4 is 0 Å². The van der Waals surface area contributed by atoms with E-state index in [1.54, 1.807) is 28.8 Å². The van der Waals surface area contributed by atoms with Crippen LogP contribution in [0, 0.1) is 12.7 Å². The number of hydrogen-bond acceptors (Lipinski definition) is 7. The predicted octanol–water partition coefficient (Wildman–Crippen LogP) is 5.33. The second-order valence-electron chi connectivity index (χ2n) is 5.68. The normalized spacial score (nSPS) is 10.9. The third-order valence-electron chi connectivity index (χ3n) is 3.91. The number of hydrogen-bond donors (Lipinski definition) is 0. The Labute approximate surface area is 162 Å². The predicted molar refractivity (Wildman–Crippen MR) is 101 cm³/mol. The highest BCUT2D eigenvalue weighted by atomic mass is 32.1. The quantitative estimate of drug-likeness (QED) is 0.424. The zero-order chi connectivity index (χ0) is 18.8. The summed E-state index contributed by atoms with van der Waals surface area (Å²) in [5.41, 5.74) is 2.23. The van der Waals surface area contributed by atoms with Crippen molar-refractivity contribution in [3.8, 4) is 21.2 Å². The molecule has 0 aliphatic heterocycles. The Bertz CT molecular complexity index is 1070. The third kappa shape index (κ3) is 3.67. The molecule has 0 fully saturated rings. The molecule has 27 heavy (non-hydrogen) atoms. The minimum Gasteiger partial charge on any atom is -0.454 e. The van der Waals surface area contributed by atoms with Gasteiger partial charge in [-0.05, 0) is 42.6 Å². The molecule has 5 nitrogen and oxygen atoms in total. The molecule has 0 bridgehead atoms. The van der Waals surface area contributed by atoms with E-state index in [1.807, 2.05) is 24.4 Å². The number of thiophene rings is 1. The van der Waals surface area contributed by atoms with Gasteiger partial charge in [0.25, 0.3) is 0 Å². The average Bonchev–Trinajstić information content (AvgIpc) is 3.41. The zero-order valence-electron chi connectivity index (χ0n) is 14.1. The van der Waals surface area contributed by atoms with E-state index < -0.39 is 5.97 Å². The number of benzene rings is 1. The molecule has 0 N–H and O–H groups in total. The Balaban J connectivity index is 1.44. The van der Waals surface area contributed by atoms with Crippen LogP contribution in [-0.2, 0) is 11.3 Å². The first kappa shape index (κ1) is 17.6. The smallest absolute Gasteiger partial charge is 0.358 e. The number of halogens is 1. The average molecular weight is 400 g/mol. The third-order valence-corrected chi connectivity index (χ3v) is 5.79. The minimum atomic E-state index is -0.514. The minimum absolute atomic E-state index is 0.0266. The SMILES string of the molecule is Cc1c(COC(=O)c2csc(-c3cccs3)n2)noc1-c1ccc(F)cc1. The van der Waals surface area contributed by atoms with E-state index in [2.05, 4.69) is 10.1 Å². The fourth-order valence-electron chi connectivity index (χ4n) is 2.46. The maximum Gasteiger partial charge on any atom is 0.358 e. The van der Waals surface area contributed by atoms with Crippen molar-refractivity contribution >= 4 is 28.6 Å². The van der Waals surface area contributed by atoms with Crippen molar-refractivity contribution in [2.24, 2.45) is 0 Å². The van der Waals surface area contributed by atoms with Crippen LogP contribution in [0.2, 0.25) is 0 Å². The van der Waals surface area contributed by atoms with Crippen molar-refractivity contribution in [3.63, 3.8) is 0 Å². The van der Waals surface area contributed by atoms with Gasteiger partial charge >= 0.3 is 5.97 Å². The van der Waals surface area contributed by atoms with Gasteiger partial charge in [-0.2, -0.15) is 0 Å². The molecule has 4 aromatic rings. The van der Waals surface area contributed by atoms with Crippen molar-refractivity contribution in [3.05, 3.63) is 69.9 Å². The number of rotatable bonds is 5. The highest BCUT2D eigenvalue weighted by molar-refractivity contribution is 7.20. The molecule has 0 aliphatic rings. The van der Waals surface area contributed by atoms with Gasteiger partial charge < -0.3 is 9.26 Å². The van der Waals surface area contributed by atoms with Crippen LogP contribution in [0.15, 0.2) is 51.7 Å². The maximum atomic E-state index is 13.1. The van der Waals surface area contributed by atoms with Gasteiger partial charge in [0.15, 0.2) is 11.5 Å². The van der Waals surface area contributed by atoms with E-state index in [4.69, 9.17) is 9.26 Å². The molecule has 0 saturated carbocycles. The first-order chi connectivity index (χ1) is 13.1. The second-order valence-corrected chi connectivity index (χ2v) is 7.49. The van der Waals surface area contributed by atoms with Crippen molar-refractivity contribution in [1.29, 1.82) is 0 Å². The van der Waals surface area contributed by atoms with Crippen LogP contribution in [-0.4, -0.2) is 16.1 Å². The topological polar surface area (TPSA) is 65.2 Å². The molecular formula is C19H13FN2O3S2. The monoisotopic (exact) mass is 400 g/mol. The molecule has 8 heteroatoms. The molecule has 1 aromatic carbocycles. The molecule has 0 unspecified atom stereocenters. The summed E-state index contributed by atoms with van der Waals surface area (Å²) in [5, 5.41) is 8.39. The van der Waals surface area contributed by atoms with Gasteiger partial charge in [0, 0.05) is 16.5 Å². The van der Waals surface area contributed by atoms with Crippen LogP contribution in [0.1, 0.15) is 21.7 Å². The number of esters is 1. The zero-order valence-corrected chi connectivity index (χ0v) is 15.8. The lowest BCUT2D eigenvalue weighted by Gasteiger charge is -2.01. The van der Waals surface area contributed by atoms with Crippen molar-refractivity contribution in [2.45, 2.75) is 13.5 Å². The summed E-state index contributed by atoms with van der Waals surface area (Å²) >= 11 is 2.96. The van der Waals surface area contributed by atoms with Gasteiger partial charge in [0.1, 0.15) is 23.1 Å². The van der Waals surface area contributed by atoms with Gasteiger partial charge in [-0.15, -0.1) is 22.7 Å². The summed E-state index contributed by atoms with van der Waals surface area (Å²) in [4.78, 5) is 17.6. The lowest BCUT2D eigenvalue weighted by molar-refractivity contribution is 0.0458. The van der Waals surface area contributed by atoms with E-state index in [9.17, 15) is 9.18 Å². The molecule has 0 atom stereocenters. The molecule has 0 spiro atoms. The fourth-order valence-corrected chi connectivity index (χ4v) is 4.07. The second kappa shape index (κ2) is 7.42. The maximum absolute atomic E-state index is 13.1. The molecule has 3 aromatic heterocycles. The van der Waals surface area contributed by atoms with Crippen LogP contribution in [0.3, 0.4) is 0 Å². The lowest BCUT2D eigenvalue weighted by atomic mass is 10.1. The summed E-state index contributed by atoms with van der Waals surface area (Å²) in [6.07, 6.45) is 0. The fraction of sp³-hybridized carbons (Fsp3) is 0.105. The first-order valence-corrected chi connectivity index (χ1v) is 9.75. The molecule has 3 heterocycles. The van der Waals surface area contributed by atoms with Gasteiger partial charge in [-0.25, -0.2) is 14.2 Å². The number of nitrogens with zero attached hydrogens (tertiary/aromatic N) is 2. The van der Waals surface area contributed by atoms with E-state index in [-0.39, 0.29) is 18.1 Å². The standard InChI is InChI=1S/C19H13FN2O3S2/c1-11-14(22-25-17(11)12-4-6-13(20)7-5-12)9-24-19(23)15-10-27-18(21-15)16-3-2-8-26-16/h2-8,10H,9H2,1H3. The number of ether oxygens (including phenoxy) is 1. The van der Waals surface area contributed by atoms with Crippen LogP contribution in [0.25, 0.3) is 21.2 Å². The van der Waals surface area contributed by atoms with E-state index >= 15 is 0 Å². The molecule has 4 rings (SSSR count). The van der Waals surface area contributed by atoms with E-state index in [1.165, 1.54) is 23.5 Å². The lowest BCUT2D eigenvalue weighted by Crippen LogP contribution is -2.06. The largest absolute Gasteiger partial charge is 0.454 e. The summed E-state index contributed by atoms with van der Waals surface area (Å²) < 4.78 is 23.7. The summed E-state index contributed by atoms with van der Waals surface area (Å²) in [6.45, 7) is 1.79. The Kier molecular flexibility index (Phi) is 4.83. The Hall–Kier alpha value is -2.84. The first-order valence-electron chi connectivity index (χ1n) is 7.99. The van der Waals surface area contributed by atoms with Gasteiger partial charge in [0.2, 0.25) is 0 Å². The van der Waals surface area contributed by atoms with Gasteiger partial charge in [-0.3, -0.25) is 0 Å². The van der Waals surface area contributed by atoms with Crippen molar-refractivity contribution in [1.82, 2.24) is 10.1 Å². The summed E-state index contributed by atoms with van der Waals surface area (Å²) in [5.74, 6) is -0.315. The Morgan fingerprint density at radius 3 is 2.78 bits per heavy atom. The van der Waals surface area contributed by atoms with E-state index in [0.717, 1.165) is 15.4 Å². The Morgan fingerprint density at radius 1 is 1.22 bits per heavy atom. The van der Waals surface area contributed by atoms with Gasteiger partial charge in [-0.1, -0.05) is 11.2 Å². The summed E-state index contributed by atoms with van der Waals surface area (Å²) in [7, 11) is 0. The van der Waals surface area contributed by atoms with E-state index in [0.29, 0.717) is 17.0 Å². The van der Waals surface area contributed by atoms with Crippen molar-refractivity contribution in [2.75, 3.05) is 0 Å². The molecule has 136 valence electrons. The van der Waals surface area contributed by atoms with Crippen LogP contribution in [0.4, 0.5) is 4.39 Å². The molecule has 0 aliphatic carbocycles. The van der Waals surface area contributed by atoms with Gasteiger partial charge in [0.05, 0.1) is 4.88 Å². The number of carbonyl (C=O) groups is 1. The molecular weight excluding hydrogens is 387 g/mol. The molecule has 0 saturated heterocycles. The highest BCUT2D eigenvalue weighted by Gasteiger charge is 2.18. The van der Waals surface area contributed by atoms with Crippen LogP contribution >= 0.6 is 22.7 Å². The van der Waals surface area contributed by atoms with Crippen LogP contribution in [0.5, 0.6) is 0 Å². The Morgan fingerprint density at radius 2 is 2.04 bits per heavy atom. The number of aromatic nitrogens is 2. The molecule has 0 radical (unpaired) electrons.